The third-order valence-corrected chi connectivity index (χ3v) is 3.84. The minimum atomic E-state index is -0.0585. The number of halogens is 1. The molecule has 6 heteroatoms. The highest BCUT2D eigenvalue weighted by molar-refractivity contribution is 6.31. The summed E-state index contributed by atoms with van der Waals surface area (Å²) in [6.07, 6.45) is 2.10. The molecule has 0 aliphatic heterocycles. The van der Waals surface area contributed by atoms with Gasteiger partial charge < -0.3 is 10.1 Å². The molecule has 3 aromatic rings. The first-order valence-electron chi connectivity index (χ1n) is 7.79. The second-order valence-electron chi connectivity index (χ2n) is 5.33. The Morgan fingerprint density at radius 2 is 2.04 bits per heavy atom. The summed E-state index contributed by atoms with van der Waals surface area (Å²) >= 11 is 5.97. The molecule has 0 saturated heterocycles. The smallest absolute Gasteiger partial charge is 0.226 e. The molecule has 0 unspecified atom stereocenters. The van der Waals surface area contributed by atoms with Gasteiger partial charge in [0, 0.05) is 22.5 Å². The van der Waals surface area contributed by atoms with Gasteiger partial charge in [-0.1, -0.05) is 11.6 Å². The van der Waals surface area contributed by atoms with Crippen molar-refractivity contribution in [1.82, 2.24) is 9.78 Å². The third kappa shape index (κ3) is 3.86. The number of aromatic nitrogens is 2. The van der Waals surface area contributed by atoms with Gasteiger partial charge in [-0.05, 0) is 49.4 Å². The number of nitrogens with zero attached hydrogens (tertiary/aromatic N) is 2. The van der Waals surface area contributed by atoms with E-state index in [0.29, 0.717) is 24.6 Å². The summed E-state index contributed by atoms with van der Waals surface area (Å²) in [4.78, 5) is 12.1. The van der Waals surface area contributed by atoms with E-state index in [1.54, 1.807) is 6.20 Å². The Labute approximate surface area is 145 Å². The van der Waals surface area contributed by atoms with Gasteiger partial charge in [-0.25, -0.2) is 0 Å². The maximum absolute atomic E-state index is 12.1. The van der Waals surface area contributed by atoms with Crippen LogP contribution in [0.4, 0.5) is 5.69 Å². The molecule has 124 valence electrons. The molecule has 0 atom stereocenters. The van der Waals surface area contributed by atoms with E-state index < -0.39 is 0 Å². The Morgan fingerprint density at radius 1 is 1.25 bits per heavy atom. The standard InChI is InChI=1S/C18H18ClN3O2/c1-2-24-16-6-4-15(5-7-16)21-18(23)9-10-22-17-8-3-14(19)11-13(17)12-20-22/h3-8,11-12H,2,9-10H2,1H3,(H,21,23). The molecule has 0 aliphatic carbocycles. The lowest BCUT2D eigenvalue weighted by Crippen LogP contribution is -2.14. The van der Waals surface area contributed by atoms with Gasteiger partial charge in [0.1, 0.15) is 5.75 Å². The number of anilines is 1. The zero-order valence-corrected chi connectivity index (χ0v) is 14.1. The monoisotopic (exact) mass is 343 g/mol. The van der Waals surface area contributed by atoms with Crippen molar-refractivity contribution in [2.45, 2.75) is 19.9 Å². The fraction of sp³-hybridized carbons (Fsp3) is 0.222. The first-order valence-corrected chi connectivity index (χ1v) is 8.17. The number of ether oxygens (including phenoxy) is 1. The predicted molar refractivity (Wildman–Crippen MR) is 95.6 cm³/mol. The molecule has 0 aliphatic rings. The molecule has 1 heterocycles. The van der Waals surface area contributed by atoms with Crippen LogP contribution in [0.15, 0.2) is 48.7 Å². The molecule has 2 aromatic carbocycles. The Bertz CT molecular complexity index is 843. The van der Waals surface area contributed by atoms with Crippen molar-refractivity contribution in [2.75, 3.05) is 11.9 Å². The highest BCUT2D eigenvalue weighted by atomic mass is 35.5. The molecule has 0 radical (unpaired) electrons. The number of fused-ring (bicyclic) bond motifs is 1. The molecule has 3 rings (SSSR count). The van der Waals surface area contributed by atoms with Crippen molar-refractivity contribution >= 4 is 34.1 Å². The number of hydrogen-bond acceptors (Lipinski definition) is 3. The Hall–Kier alpha value is -2.53. The lowest BCUT2D eigenvalue weighted by atomic mass is 10.2. The van der Waals surface area contributed by atoms with Crippen molar-refractivity contribution < 1.29 is 9.53 Å². The quantitative estimate of drug-likeness (QED) is 0.732. The first kappa shape index (κ1) is 16.3. The average Bonchev–Trinajstić information content (AvgIpc) is 2.97. The molecular weight excluding hydrogens is 326 g/mol. The topological polar surface area (TPSA) is 56.1 Å². The van der Waals surface area contributed by atoms with Crippen molar-refractivity contribution in [3.63, 3.8) is 0 Å². The van der Waals surface area contributed by atoms with Crippen molar-refractivity contribution in [1.29, 1.82) is 0 Å². The second kappa shape index (κ2) is 7.36. The van der Waals surface area contributed by atoms with E-state index in [0.717, 1.165) is 22.3 Å². The predicted octanol–water partition coefficient (Wildman–Crippen LogP) is 4.12. The zero-order valence-electron chi connectivity index (χ0n) is 13.3. The van der Waals surface area contributed by atoms with E-state index in [1.165, 1.54) is 0 Å². The molecule has 0 bridgehead atoms. The summed E-state index contributed by atoms with van der Waals surface area (Å²) in [6, 6.07) is 12.9. The van der Waals surface area contributed by atoms with Crippen LogP contribution >= 0.6 is 11.6 Å². The fourth-order valence-corrected chi connectivity index (χ4v) is 2.65. The van der Waals surface area contributed by atoms with Gasteiger partial charge in [0.2, 0.25) is 5.91 Å². The number of nitrogens with one attached hydrogen (secondary N) is 1. The lowest BCUT2D eigenvalue weighted by Gasteiger charge is -2.08. The van der Waals surface area contributed by atoms with Crippen molar-refractivity contribution in [3.8, 4) is 5.75 Å². The van der Waals surface area contributed by atoms with E-state index in [1.807, 2.05) is 54.1 Å². The largest absolute Gasteiger partial charge is 0.494 e. The van der Waals surface area contributed by atoms with E-state index in [9.17, 15) is 4.79 Å². The van der Waals surface area contributed by atoms with Crippen LogP contribution in [0.1, 0.15) is 13.3 Å². The van der Waals surface area contributed by atoms with E-state index in [2.05, 4.69) is 10.4 Å². The first-order chi connectivity index (χ1) is 11.7. The number of aryl methyl sites for hydroxylation is 1. The molecule has 24 heavy (non-hydrogen) atoms. The van der Waals surface area contributed by atoms with E-state index in [-0.39, 0.29) is 5.91 Å². The van der Waals surface area contributed by atoms with Crippen LogP contribution < -0.4 is 10.1 Å². The third-order valence-electron chi connectivity index (χ3n) is 3.60. The van der Waals surface area contributed by atoms with Gasteiger partial charge in [0.25, 0.3) is 0 Å². The number of carbonyl (C=O) groups excluding carboxylic acids is 1. The van der Waals surface area contributed by atoms with Crippen LogP contribution in [0.2, 0.25) is 5.02 Å². The Kier molecular flexibility index (Phi) is 5.01. The van der Waals surface area contributed by atoms with E-state index in [4.69, 9.17) is 16.3 Å². The number of carbonyl (C=O) groups is 1. The fourth-order valence-electron chi connectivity index (χ4n) is 2.47. The van der Waals surface area contributed by atoms with E-state index >= 15 is 0 Å². The number of amides is 1. The summed E-state index contributed by atoms with van der Waals surface area (Å²) in [6.45, 7) is 3.06. The van der Waals surface area contributed by atoms with Crippen molar-refractivity contribution in [2.24, 2.45) is 0 Å². The second-order valence-corrected chi connectivity index (χ2v) is 5.76. The maximum atomic E-state index is 12.1. The molecule has 0 saturated carbocycles. The lowest BCUT2D eigenvalue weighted by molar-refractivity contribution is -0.116. The van der Waals surface area contributed by atoms with Crippen molar-refractivity contribution in [3.05, 3.63) is 53.7 Å². The molecular formula is C18H18ClN3O2. The normalized spacial score (nSPS) is 10.8. The van der Waals surface area contributed by atoms with Gasteiger partial charge in [0.05, 0.1) is 24.9 Å². The zero-order chi connectivity index (χ0) is 16.9. The number of benzene rings is 2. The Balaban J connectivity index is 1.58. The highest BCUT2D eigenvalue weighted by Crippen LogP contribution is 2.19. The molecule has 0 fully saturated rings. The molecule has 1 N–H and O–H groups in total. The van der Waals surface area contributed by atoms with Gasteiger partial charge in [0.15, 0.2) is 0 Å². The van der Waals surface area contributed by atoms with Crippen LogP contribution in [-0.2, 0) is 11.3 Å². The SMILES string of the molecule is CCOc1ccc(NC(=O)CCn2ncc3cc(Cl)ccc32)cc1. The van der Waals surface area contributed by atoms with Gasteiger partial charge in [-0.2, -0.15) is 5.10 Å². The van der Waals surface area contributed by atoms with Crippen LogP contribution in [0.3, 0.4) is 0 Å². The molecule has 0 spiro atoms. The number of hydrogen-bond donors (Lipinski definition) is 1. The van der Waals surface area contributed by atoms with Crippen LogP contribution in [0, 0.1) is 0 Å². The summed E-state index contributed by atoms with van der Waals surface area (Å²) in [5.41, 5.74) is 1.72. The van der Waals surface area contributed by atoms with Crippen LogP contribution in [0.5, 0.6) is 5.75 Å². The van der Waals surface area contributed by atoms with Gasteiger partial charge >= 0.3 is 0 Å². The molecule has 1 amide bonds. The summed E-state index contributed by atoms with van der Waals surface area (Å²) in [5, 5.41) is 8.83. The average molecular weight is 344 g/mol. The maximum Gasteiger partial charge on any atom is 0.226 e. The minimum absolute atomic E-state index is 0.0585. The summed E-state index contributed by atoms with van der Waals surface area (Å²) in [5.74, 6) is 0.731. The Morgan fingerprint density at radius 3 is 2.79 bits per heavy atom. The highest BCUT2D eigenvalue weighted by Gasteiger charge is 2.07. The molecule has 1 aromatic heterocycles. The number of rotatable bonds is 6. The summed E-state index contributed by atoms with van der Waals surface area (Å²) in [7, 11) is 0. The van der Waals surface area contributed by atoms with Gasteiger partial charge in [-0.3, -0.25) is 9.48 Å². The van der Waals surface area contributed by atoms with Crippen LogP contribution in [0.25, 0.3) is 10.9 Å². The minimum Gasteiger partial charge on any atom is -0.494 e. The van der Waals surface area contributed by atoms with Crippen LogP contribution in [-0.4, -0.2) is 22.3 Å². The molecule has 5 nitrogen and oxygen atoms in total. The summed E-state index contributed by atoms with van der Waals surface area (Å²) < 4.78 is 7.19. The van der Waals surface area contributed by atoms with Gasteiger partial charge in [-0.15, -0.1) is 0 Å².